The highest BCUT2D eigenvalue weighted by Gasteiger charge is 2.55. The average Bonchev–Trinajstić information content (AvgIpc) is 2.48. The van der Waals surface area contributed by atoms with Gasteiger partial charge in [-0.3, -0.25) is 9.36 Å². The van der Waals surface area contributed by atoms with Crippen LogP contribution in [0.15, 0.2) is 30.3 Å². The van der Waals surface area contributed by atoms with Crippen LogP contribution in [0.5, 0.6) is 5.75 Å². The molecule has 1 unspecified atom stereocenters. The van der Waals surface area contributed by atoms with Gasteiger partial charge in [0.25, 0.3) is 0 Å². The smallest absolute Gasteiger partial charge is 0.383 e. The monoisotopic (exact) mass is 316 g/mol. The summed E-state index contributed by atoms with van der Waals surface area (Å²) in [6.07, 6.45) is 0.211. The van der Waals surface area contributed by atoms with Crippen LogP contribution in [0.1, 0.15) is 33.6 Å². The zero-order valence-electron chi connectivity index (χ0n) is 12.4. The maximum Gasteiger partial charge on any atom is 0.383 e. The molecule has 0 aliphatic heterocycles. The molecule has 1 aromatic rings. The van der Waals surface area contributed by atoms with Crippen molar-refractivity contribution < 1.29 is 28.6 Å². The molecule has 21 heavy (non-hydrogen) atoms. The van der Waals surface area contributed by atoms with E-state index in [0.717, 1.165) is 0 Å². The Morgan fingerprint density at radius 2 is 1.76 bits per heavy atom. The molecule has 1 aromatic carbocycles. The molecule has 0 aromatic heterocycles. The van der Waals surface area contributed by atoms with Gasteiger partial charge in [-0.1, -0.05) is 36.7 Å². The Kier molecular flexibility index (Phi) is 6.40. The first-order chi connectivity index (χ1) is 9.93. The maximum absolute atomic E-state index is 12.5. The molecule has 118 valence electrons. The highest BCUT2D eigenvalue weighted by molar-refractivity contribution is 7.55. The van der Waals surface area contributed by atoms with Crippen LogP contribution in [-0.2, 0) is 18.8 Å². The largest absolute Gasteiger partial charge is 0.465 e. The molecule has 1 rings (SSSR count). The molecule has 0 saturated carbocycles. The van der Waals surface area contributed by atoms with E-state index in [1.165, 1.54) is 0 Å². The van der Waals surface area contributed by atoms with Crippen molar-refractivity contribution in [2.45, 2.75) is 38.8 Å². The van der Waals surface area contributed by atoms with Gasteiger partial charge in [0.1, 0.15) is 0 Å². The van der Waals surface area contributed by atoms with E-state index in [4.69, 9.17) is 14.3 Å². The van der Waals surface area contributed by atoms with Crippen molar-refractivity contribution in [2.75, 3.05) is 6.61 Å². The van der Waals surface area contributed by atoms with Gasteiger partial charge < -0.3 is 14.5 Å². The summed E-state index contributed by atoms with van der Waals surface area (Å²) in [6.45, 7) is 5.03. The van der Waals surface area contributed by atoms with Gasteiger partial charge in [-0.15, -0.1) is 0 Å². The van der Waals surface area contributed by atoms with Crippen molar-refractivity contribution in [2.24, 2.45) is 0 Å². The minimum Gasteiger partial charge on any atom is -0.465 e. The number of rotatable bonds is 8. The van der Waals surface area contributed by atoms with Crippen LogP contribution in [0.25, 0.3) is 0 Å². The van der Waals surface area contributed by atoms with Gasteiger partial charge in [-0.2, -0.15) is 0 Å². The Bertz CT molecular complexity index is 497. The average molecular weight is 316 g/mol. The lowest BCUT2D eigenvalue weighted by atomic mass is 10.0. The Hall–Kier alpha value is -1.36. The van der Waals surface area contributed by atoms with Gasteiger partial charge in [0, 0.05) is 0 Å². The highest BCUT2D eigenvalue weighted by Crippen LogP contribution is 2.59. The van der Waals surface area contributed by atoms with Gasteiger partial charge in [0.2, 0.25) is 0 Å². The van der Waals surface area contributed by atoms with E-state index < -0.39 is 18.7 Å². The number of ether oxygens (including phenoxy) is 1. The van der Waals surface area contributed by atoms with Crippen LogP contribution >= 0.6 is 7.60 Å². The summed E-state index contributed by atoms with van der Waals surface area (Å²) < 4.78 is 22.2. The third-order valence-electron chi connectivity index (χ3n) is 3.34. The molecule has 6 nitrogen and oxygen atoms in total. The van der Waals surface area contributed by atoms with E-state index in [-0.39, 0.29) is 25.2 Å². The Labute approximate surface area is 124 Å². The van der Waals surface area contributed by atoms with E-state index in [2.05, 4.69) is 0 Å². The molecule has 0 bridgehead atoms. The van der Waals surface area contributed by atoms with Crippen LogP contribution in [0, 0.1) is 0 Å². The fourth-order valence-corrected chi connectivity index (χ4v) is 3.38. The topological polar surface area (TPSA) is 82.1 Å². The Morgan fingerprint density at radius 3 is 2.24 bits per heavy atom. The van der Waals surface area contributed by atoms with E-state index in [9.17, 15) is 14.3 Å². The summed E-state index contributed by atoms with van der Waals surface area (Å²) >= 11 is 0. The molecule has 0 heterocycles. The molecule has 0 aliphatic rings. The Morgan fingerprint density at radius 1 is 1.19 bits per heavy atom. The summed E-state index contributed by atoms with van der Waals surface area (Å²) in [6, 6.07) is 8.30. The molecule has 0 spiro atoms. The standard InChI is InChI=1S/C14H21O6P/c1-4-14(5-2,13(15)18-6-3)21(16,17)20-19-12-10-8-7-9-11-12/h7-11H,4-6H2,1-3H3,(H,16,17). The molecule has 1 N–H and O–H groups in total. The lowest BCUT2D eigenvalue weighted by molar-refractivity contribution is -0.151. The molecule has 0 amide bonds. The summed E-state index contributed by atoms with van der Waals surface area (Å²) in [5, 5.41) is -1.63. The first-order valence-corrected chi connectivity index (χ1v) is 8.42. The molecular formula is C14H21O6P. The van der Waals surface area contributed by atoms with Crippen molar-refractivity contribution in [3.8, 4) is 5.75 Å². The fourth-order valence-electron chi connectivity index (χ4n) is 1.96. The van der Waals surface area contributed by atoms with E-state index >= 15 is 0 Å². The summed E-state index contributed by atoms with van der Waals surface area (Å²) in [4.78, 5) is 27.2. The number of para-hydroxylation sites is 1. The number of esters is 1. The van der Waals surface area contributed by atoms with Crippen molar-refractivity contribution in [3.05, 3.63) is 30.3 Å². The summed E-state index contributed by atoms with van der Waals surface area (Å²) in [5.74, 6) is -0.478. The number of hydrogen-bond donors (Lipinski definition) is 1. The van der Waals surface area contributed by atoms with Crippen molar-refractivity contribution in [1.82, 2.24) is 0 Å². The van der Waals surface area contributed by atoms with E-state index in [1.807, 2.05) is 0 Å². The normalized spacial score (nSPS) is 14.3. The predicted octanol–water partition coefficient (Wildman–Crippen LogP) is 3.30. The Balaban J connectivity index is 2.94. The van der Waals surface area contributed by atoms with Crippen LogP contribution in [0.3, 0.4) is 0 Å². The van der Waals surface area contributed by atoms with E-state index in [0.29, 0.717) is 0 Å². The van der Waals surface area contributed by atoms with Crippen molar-refractivity contribution >= 4 is 13.6 Å². The number of carbonyl (C=O) groups excluding carboxylic acids is 1. The third kappa shape index (κ3) is 3.84. The molecular weight excluding hydrogens is 295 g/mol. The zero-order valence-corrected chi connectivity index (χ0v) is 13.3. The summed E-state index contributed by atoms with van der Waals surface area (Å²) in [7, 11) is -4.38. The minimum atomic E-state index is -4.38. The van der Waals surface area contributed by atoms with Crippen LogP contribution in [0.2, 0.25) is 0 Å². The molecule has 7 heteroatoms. The minimum absolute atomic E-state index is 0.105. The van der Waals surface area contributed by atoms with Crippen LogP contribution in [-0.4, -0.2) is 22.6 Å². The first kappa shape index (κ1) is 17.7. The second-order valence-corrected chi connectivity index (χ2v) is 6.50. The molecule has 1 atom stereocenters. The third-order valence-corrected chi connectivity index (χ3v) is 5.52. The SMILES string of the molecule is CCOC(=O)C(CC)(CC)P(=O)(O)OOc1ccccc1. The molecule has 0 fully saturated rings. The van der Waals surface area contributed by atoms with Crippen LogP contribution < -0.4 is 4.89 Å². The van der Waals surface area contributed by atoms with Gasteiger partial charge in [0.15, 0.2) is 10.9 Å². The fraction of sp³-hybridized carbons (Fsp3) is 0.500. The molecule has 0 radical (unpaired) electrons. The lowest BCUT2D eigenvalue weighted by Gasteiger charge is -2.31. The van der Waals surface area contributed by atoms with Crippen LogP contribution in [0.4, 0.5) is 0 Å². The quantitative estimate of drug-likeness (QED) is 0.343. The zero-order chi connectivity index (χ0) is 15.9. The number of hydrogen-bond acceptors (Lipinski definition) is 5. The molecule has 0 saturated heterocycles. The van der Waals surface area contributed by atoms with Gasteiger partial charge in [-0.05, 0) is 31.9 Å². The second-order valence-electron chi connectivity index (χ2n) is 4.45. The van der Waals surface area contributed by atoms with Crippen molar-refractivity contribution in [1.29, 1.82) is 0 Å². The van der Waals surface area contributed by atoms with E-state index in [1.54, 1.807) is 51.1 Å². The van der Waals surface area contributed by atoms with Crippen molar-refractivity contribution in [3.63, 3.8) is 0 Å². The highest BCUT2D eigenvalue weighted by atomic mass is 31.2. The van der Waals surface area contributed by atoms with Gasteiger partial charge >= 0.3 is 13.6 Å². The first-order valence-electron chi connectivity index (χ1n) is 6.85. The van der Waals surface area contributed by atoms with Gasteiger partial charge in [0.05, 0.1) is 6.61 Å². The number of benzene rings is 1. The molecule has 0 aliphatic carbocycles. The predicted molar refractivity (Wildman–Crippen MR) is 77.9 cm³/mol. The summed E-state index contributed by atoms with van der Waals surface area (Å²) in [5.41, 5.74) is 0. The lowest BCUT2D eigenvalue weighted by Crippen LogP contribution is -2.39. The maximum atomic E-state index is 12.5. The number of carbonyl (C=O) groups is 1. The second kappa shape index (κ2) is 7.59. The van der Waals surface area contributed by atoms with Gasteiger partial charge in [-0.25, -0.2) is 0 Å².